The molecular weight excluding hydrogens is 280 g/mol. The Morgan fingerprint density at radius 1 is 1.00 bits per heavy atom. The lowest BCUT2D eigenvalue weighted by atomic mass is 10.2. The zero-order valence-corrected chi connectivity index (χ0v) is 11.1. The van der Waals surface area contributed by atoms with Crippen LogP contribution < -0.4 is 11.5 Å². The van der Waals surface area contributed by atoms with Crippen molar-refractivity contribution in [2.24, 2.45) is 11.5 Å². The molecule has 1 aromatic rings. The molecule has 0 aliphatic carbocycles. The van der Waals surface area contributed by atoms with E-state index in [4.69, 9.17) is 11.5 Å². The standard InChI is InChI=1S/C9H14N2O5S2/c10-5-6-17(12,13)16-18(14,15)9-3-1-8(7-11)2-4-9/h1-4H,5-7,10-11H2. The van der Waals surface area contributed by atoms with Crippen LogP contribution in [0, 0.1) is 0 Å². The molecular formula is C9H14N2O5S2. The summed E-state index contributed by atoms with van der Waals surface area (Å²) in [5, 5.41) is 0. The van der Waals surface area contributed by atoms with Gasteiger partial charge in [0.05, 0.1) is 10.6 Å². The van der Waals surface area contributed by atoms with Crippen LogP contribution in [-0.2, 0) is 30.4 Å². The van der Waals surface area contributed by atoms with Crippen LogP contribution in [0.1, 0.15) is 5.56 Å². The third-order valence-corrected chi connectivity index (χ3v) is 5.14. The predicted molar refractivity (Wildman–Crippen MR) is 65.4 cm³/mol. The smallest absolute Gasteiger partial charge is 0.311 e. The van der Waals surface area contributed by atoms with Crippen molar-refractivity contribution in [2.45, 2.75) is 11.4 Å². The summed E-state index contributed by atoms with van der Waals surface area (Å²) in [6.07, 6.45) is 0. The summed E-state index contributed by atoms with van der Waals surface area (Å²) >= 11 is 0. The van der Waals surface area contributed by atoms with E-state index in [-0.39, 0.29) is 18.0 Å². The van der Waals surface area contributed by atoms with E-state index >= 15 is 0 Å². The maximum absolute atomic E-state index is 11.6. The molecule has 4 N–H and O–H groups in total. The molecule has 0 fully saturated rings. The first-order chi connectivity index (χ1) is 8.30. The van der Waals surface area contributed by atoms with Crippen molar-refractivity contribution in [3.05, 3.63) is 29.8 Å². The molecule has 1 rings (SSSR count). The molecule has 0 saturated carbocycles. The van der Waals surface area contributed by atoms with Gasteiger partial charge in [-0.05, 0) is 17.7 Å². The minimum atomic E-state index is -4.35. The van der Waals surface area contributed by atoms with E-state index in [1.807, 2.05) is 0 Å². The Kier molecular flexibility index (Phi) is 4.82. The minimum absolute atomic E-state index is 0.218. The molecule has 0 bridgehead atoms. The molecule has 102 valence electrons. The highest BCUT2D eigenvalue weighted by Crippen LogP contribution is 2.15. The summed E-state index contributed by atoms with van der Waals surface area (Å²) in [6.45, 7) is 0.0383. The number of hydrogen-bond donors (Lipinski definition) is 2. The second-order valence-electron chi connectivity index (χ2n) is 3.42. The van der Waals surface area contributed by atoms with E-state index in [1.165, 1.54) is 24.3 Å². The average Bonchev–Trinajstić information content (AvgIpc) is 2.27. The lowest BCUT2D eigenvalue weighted by Crippen LogP contribution is -2.21. The van der Waals surface area contributed by atoms with Crippen molar-refractivity contribution in [1.29, 1.82) is 0 Å². The lowest BCUT2D eigenvalue weighted by Gasteiger charge is -2.05. The summed E-state index contributed by atoms with van der Waals surface area (Å²) in [6, 6.07) is 5.42. The molecule has 18 heavy (non-hydrogen) atoms. The minimum Gasteiger partial charge on any atom is -0.329 e. The van der Waals surface area contributed by atoms with Gasteiger partial charge in [0.2, 0.25) is 0 Å². The maximum atomic E-state index is 11.6. The predicted octanol–water partition coefficient (Wildman–Crippen LogP) is -0.861. The van der Waals surface area contributed by atoms with Gasteiger partial charge in [-0.1, -0.05) is 12.1 Å². The molecule has 0 amide bonds. The fraction of sp³-hybridized carbons (Fsp3) is 0.333. The van der Waals surface area contributed by atoms with Crippen LogP contribution in [0.2, 0.25) is 0 Å². The monoisotopic (exact) mass is 294 g/mol. The van der Waals surface area contributed by atoms with Gasteiger partial charge in [-0.15, -0.1) is 3.63 Å². The first-order valence-electron chi connectivity index (χ1n) is 4.98. The van der Waals surface area contributed by atoms with E-state index < -0.39 is 26.0 Å². The largest absolute Gasteiger partial charge is 0.329 e. The first kappa shape index (κ1) is 15.1. The van der Waals surface area contributed by atoms with Gasteiger partial charge >= 0.3 is 10.1 Å². The molecule has 0 spiro atoms. The number of benzene rings is 1. The molecule has 0 saturated heterocycles. The van der Waals surface area contributed by atoms with Gasteiger partial charge in [-0.3, -0.25) is 0 Å². The van der Waals surface area contributed by atoms with Crippen molar-refractivity contribution in [3.63, 3.8) is 0 Å². The Labute approximate surface area is 106 Å². The summed E-state index contributed by atoms with van der Waals surface area (Å²) in [4.78, 5) is -0.250. The fourth-order valence-electron chi connectivity index (χ4n) is 1.15. The highest BCUT2D eigenvalue weighted by atomic mass is 32.3. The maximum Gasteiger partial charge on any atom is 0.311 e. The average molecular weight is 294 g/mol. The number of rotatable bonds is 6. The molecule has 1 aromatic carbocycles. The number of hydrogen-bond acceptors (Lipinski definition) is 7. The Morgan fingerprint density at radius 3 is 2.00 bits per heavy atom. The van der Waals surface area contributed by atoms with Gasteiger partial charge in [0.25, 0.3) is 10.1 Å². The van der Waals surface area contributed by atoms with E-state index in [9.17, 15) is 16.8 Å². The summed E-state index contributed by atoms with van der Waals surface area (Å²) in [5.74, 6) is -0.562. The molecule has 0 radical (unpaired) electrons. The first-order valence-corrected chi connectivity index (χ1v) is 7.97. The molecule has 0 atom stereocenters. The van der Waals surface area contributed by atoms with Crippen LogP contribution in [0.15, 0.2) is 29.2 Å². The lowest BCUT2D eigenvalue weighted by molar-refractivity contribution is 0.462. The highest BCUT2D eigenvalue weighted by Gasteiger charge is 2.24. The van der Waals surface area contributed by atoms with Crippen molar-refractivity contribution in [2.75, 3.05) is 12.3 Å². The molecule has 9 heteroatoms. The second kappa shape index (κ2) is 5.76. The Bertz CT molecular complexity index is 592. The Hall–Kier alpha value is -1.00. The van der Waals surface area contributed by atoms with Gasteiger partial charge in [0.15, 0.2) is 0 Å². The van der Waals surface area contributed by atoms with Crippen LogP contribution in [-0.4, -0.2) is 29.1 Å². The third kappa shape index (κ3) is 4.03. The normalized spacial score (nSPS) is 12.6. The van der Waals surface area contributed by atoms with Crippen molar-refractivity contribution in [3.8, 4) is 0 Å². The van der Waals surface area contributed by atoms with Crippen molar-refractivity contribution in [1.82, 2.24) is 0 Å². The fourth-order valence-corrected chi connectivity index (χ4v) is 3.58. The van der Waals surface area contributed by atoms with Crippen LogP contribution >= 0.6 is 0 Å². The van der Waals surface area contributed by atoms with Crippen LogP contribution in [0.25, 0.3) is 0 Å². The molecule has 0 aromatic heterocycles. The van der Waals surface area contributed by atoms with Gasteiger partial charge in [-0.25, -0.2) is 0 Å². The SMILES string of the molecule is NCCS(=O)(=O)OS(=O)(=O)c1ccc(CN)cc1. The highest BCUT2D eigenvalue weighted by molar-refractivity contribution is 7.99. The van der Waals surface area contributed by atoms with Gasteiger partial charge in [0, 0.05) is 13.1 Å². The van der Waals surface area contributed by atoms with Crippen molar-refractivity contribution >= 4 is 20.2 Å². The van der Waals surface area contributed by atoms with E-state index in [1.54, 1.807) is 0 Å². The summed E-state index contributed by atoms with van der Waals surface area (Å²) in [5.41, 5.74) is 11.1. The molecule has 0 aliphatic heterocycles. The van der Waals surface area contributed by atoms with Gasteiger partial charge < -0.3 is 11.5 Å². The van der Waals surface area contributed by atoms with Crippen molar-refractivity contribution < 1.29 is 20.5 Å². The summed E-state index contributed by atoms with van der Waals surface area (Å²) < 4.78 is 49.9. The Balaban J connectivity index is 2.99. The third-order valence-electron chi connectivity index (χ3n) is 2.01. The van der Waals surface area contributed by atoms with E-state index in [0.717, 1.165) is 5.56 Å². The van der Waals surface area contributed by atoms with E-state index in [2.05, 4.69) is 3.63 Å². The Morgan fingerprint density at radius 2 is 1.56 bits per heavy atom. The van der Waals surface area contributed by atoms with Crippen LogP contribution in [0.5, 0.6) is 0 Å². The topological polar surface area (TPSA) is 130 Å². The van der Waals surface area contributed by atoms with Gasteiger partial charge in [0.1, 0.15) is 0 Å². The quantitative estimate of drug-likeness (QED) is 0.698. The molecule has 0 aliphatic rings. The molecule has 0 heterocycles. The van der Waals surface area contributed by atoms with E-state index in [0.29, 0.717) is 0 Å². The molecule has 0 unspecified atom stereocenters. The second-order valence-corrected chi connectivity index (χ2v) is 6.87. The summed E-state index contributed by atoms with van der Waals surface area (Å²) in [7, 11) is -8.54. The zero-order chi connectivity index (χ0) is 13.8. The zero-order valence-electron chi connectivity index (χ0n) is 9.44. The van der Waals surface area contributed by atoms with Gasteiger partial charge in [-0.2, -0.15) is 16.8 Å². The molecule has 7 nitrogen and oxygen atoms in total. The van der Waals surface area contributed by atoms with Crippen LogP contribution in [0.3, 0.4) is 0 Å². The van der Waals surface area contributed by atoms with Crippen LogP contribution in [0.4, 0.5) is 0 Å². The number of nitrogens with two attached hydrogens (primary N) is 2.